The van der Waals surface area contributed by atoms with Gasteiger partial charge in [0.1, 0.15) is 0 Å². The molecule has 0 aliphatic rings. The quantitative estimate of drug-likeness (QED) is 0.618. The van der Waals surface area contributed by atoms with Crippen LogP contribution in [-0.2, 0) is 5.41 Å². The van der Waals surface area contributed by atoms with Gasteiger partial charge in [-0.2, -0.15) is 0 Å². The van der Waals surface area contributed by atoms with Gasteiger partial charge in [0.2, 0.25) is 0 Å². The van der Waals surface area contributed by atoms with Gasteiger partial charge in [0.15, 0.2) is 0 Å². The lowest BCUT2D eigenvalue weighted by Gasteiger charge is -2.23. The van der Waals surface area contributed by atoms with E-state index in [0.29, 0.717) is 5.92 Å². The minimum absolute atomic E-state index is 0.196. The van der Waals surface area contributed by atoms with Gasteiger partial charge in [-0.05, 0) is 34.9 Å². The number of rotatable bonds is 1. The summed E-state index contributed by atoms with van der Waals surface area (Å²) in [4.78, 5) is 0. The first kappa shape index (κ1) is 11.3. The number of hydrogen-bond acceptors (Lipinski definition) is 0. The van der Waals surface area contributed by atoms with Crippen molar-refractivity contribution >= 4 is 0 Å². The highest BCUT2D eigenvalue weighted by Crippen LogP contribution is 2.28. The first-order chi connectivity index (χ1) is 6.32. The van der Waals surface area contributed by atoms with Crippen LogP contribution in [0.2, 0.25) is 0 Å². The van der Waals surface area contributed by atoms with Crippen molar-refractivity contribution in [3.63, 3.8) is 0 Å². The molecule has 0 spiro atoms. The molecule has 1 aromatic carbocycles. The Bertz CT molecular complexity index is 313. The van der Waals surface area contributed by atoms with Gasteiger partial charge in [0, 0.05) is 0 Å². The normalized spacial score (nSPS) is 12.2. The fraction of sp³-hybridized carbons (Fsp3) is 0.500. The van der Waals surface area contributed by atoms with Gasteiger partial charge in [-0.1, -0.05) is 52.8 Å². The van der Waals surface area contributed by atoms with Crippen molar-refractivity contribution in [3.8, 4) is 0 Å². The fourth-order valence-corrected chi connectivity index (χ4v) is 1.65. The van der Waals surface area contributed by atoms with Crippen LogP contribution in [0, 0.1) is 6.92 Å². The summed E-state index contributed by atoms with van der Waals surface area (Å²) in [6, 6.07) is 6.62. The van der Waals surface area contributed by atoms with Crippen LogP contribution in [0.4, 0.5) is 0 Å². The highest BCUT2D eigenvalue weighted by molar-refractivity contribution is 5.39. The smallest absolute Gasteiger partial charge is 0.0129 e. The van der Waals surface area contributed by atoms with Crippen molar-refractivity contribution in [2.75, 3.05) is 0 Å². The molecule has 0 nitrogen and oxygen atoms in total. The Balaban J connectivity index is 3.22. The van der Waals surface area contributed by atoms with Crippen molar-refractivity contribution in [2.45, 2.75) is 46.0 Å². The maximum Gasteiger partial charge on any atom is -0.0129 e. The highest BCUT2D eigenvalue weighted by Gasteiger charge is 2.16. The lowest BCUT2D eigenvalue weighted by atomic mass is 9.82. The van der Waals surface area contributed by atoms with E-state index in [1.807, 2.05) is 0 Å². The SMILES string of the molecule is [CH2]c1ccc(C(C)C)cc1C(C)(C)C. The third-order valence-corrected chi connectivity index (χ3v) is 2.61. The van der Waals surface area contributed by atoms with Crippen molar-refractivity contribution in [1.82, 2.24) is 0 Å². The van der Waals surface area contributed by atoms with Crippen molar-refractivity contribution in [1.29, 1.82) is 0 Å². The van der Waals surface area contributed by atoms with E-state index in [-0.39, 0.29) is 5.41 Å². The third kappa shape index (κ3) is 2.37. The minimum atomic E-state index is 0.196. The molecule has 0 bridgehead atoms. The van der Waals surface area contributed by atoms with Gasteiger partial charge in [-0.25, -0.2) is 0 Å². The summed E-state index contributed by atoms with van der Waals surface area (Å²) in [6.45, 7) is 15.3. The Morgan fingerprint density at radius 2 is 1.71 bits per heavy atom. The number of benzene rings is 1. The summed E-state index contributed by atoms with van der Waals surface area (Å²) in [5, 5.41) is 0. The molecule has 0 amide bonds. The van der Waals surface area contributed by atoms with Crippen LogP contribution in [0.5, 0.6) is 0 Å². The third-order valence-electron chi connectivity index (χ3n) is 2.61. The van der Waals surface area contributed by atoms with Gasteiger partial charge < -0.3 is 0 Å². The summed E-state index contributed by atoms with van der Waals surface area (Å²) in [6.07, 6.45) is 0. The zero-order valence-corrected chi connectivity index (χ0v) is 10.0. The van der Waals surface area contributed by atoms with Crippen molar-refractivity contribution in [3.05, 3.63) is 41.8 Å². The molecule has 1 radical (unpaired) electrons. The van der Waals surface area contributed by atoms with Gasteiger partial charge in [-0.3, -0.25) is 0 Å². The largest absolute Gasteiger partial charge is 0.0587 e. The molecule has 0 heterocycles. The van der Waals surface area contributed by atoms with Gasteiger partial charge in [-0.15, -0.1) is 0 Å². The Hall–Kier alpha value is -0.780. The molecule has 14 heavy (non-hydrogen) atoms. The molecule has 0 unspecified atom stereocenters. The monoisotopic (exact) mass is 189 g/mol. The average Bonchev–Trinajstić information content (AvgIpc) is 2.02. The maximum atomic E-state index is 4.09. The molecule has 1 rings (SSSR count). The van der Waals surface area contributed by atoms with E-state index in [4.69, 9.17) is 0 Å². The molecule has 0 N–H and O–H groups in total. The van der Waals surface area contributed by atoms with Gasteiger partial charge >= 0.3 is 0 Å². The van der Waals surface area contributed by atoms with E-state index in [9.17, 15) is 0 Å². The molecule has 0 aliphatic carbocycles. The average molecular weight is 189 g/mol. The Kier molecular flexibility index (Phi) is 3.04. The van der Waals surface area contributed by atoms with Crippen LogP contribution in [0.15, 0.2) is 18.2 Å². The van der Waals surface area contributed by atoms with Crippen LogP contribution < -0.4 is 0 Å². The lowest BCUT2D eigenvalue weighted by Crippen LogP contribution is -2.13. The summed E-state index contributed by atoms with van der Waals surface area (Å²) in [7, 11) is 0. The summed E-state index contributed by atoms with van der Waals surface area (Å²) in [5.41, 5.74) is 4.12. The van der Waals surface area contributed by atoms with E-state index in [0.717, 1.165) is 5.56 Å². The zero-order chi connectivity index (χ0) is 10.9. The highest BCUT2D eigenvalue weighted by atomic mass is 14.2. The second-order valence-electron chi connectivity index (χ2n) is 5.32. The molecule has 0 aliphatic heterocycles. The molecular formula is C14H21. The van der Waals surface area contributed by atoms with Crippen LogP contribution in [0.1, 0.15) is 57.2 Å². The van der Waals surface area contributed by atoms with E-state index in [1.165, 1.54) is 11.1 Å². The first-order valence-electron chi connectivity index (χ1n) is 5.28. The molecule has 1 aromatic rings. The van der Waals surface area contributed by atoms with Gasteiger partial charge in [0.05, 0.1) is 0 Å². The Morgan fingerprint density at radius 1 is 1.14 bits per heavy atom. The summed E-state index contributed by atoms with van der Waals surface area (Å²) >= 11 is 0. The predicted molar refractivity (Wildman–Crippen MR) is 63.7 cm³/mol. The topological polar surface area (TPSA) is 0 Å². The molecule has 0 aromatic heterocycles. The second-order valence-corrected chi connectivity index (χ2v) is 5.32. The second kappa shape index (κ2) is 3.76. The Labute approximate surface area is 88.4 Å². The van der Waals surface area contributed by atoms with E-state index < -0.39 is 0 Å². The standard InChI is InChI=1S/C14H21/c1-10(2)12-8-7-11(3)13(9-12)14(4,5)6/h7-10H,3H2,1-2,4-6H3. The summed E-state index contributed by atoms with van der Waals surface area (Å²) < 4.78 is 0. The van der Waals surface area contributed by atoms with Crippen LogP contribution in [0.25, 0.3) is 0 Å². The molecular weight excluding hydrogens is 168 g/mol. The Morgan fingerprint density at radius 3 is 2.14 bits per heavy atom. The maximum absolute atomic E-state index is 4.09. The van der Waals surface area contributed by atoms with Crippen LogP contribution in [0.3, 0.4) is 0 Å². The van der Waals surface area contributed by atoms with Gasteiger partial charge in [0.25, 0.3) is 0 Å². The molecule has 0 atom stereocenters. The molecule has 0 saturated carbocycles. The lowest BCUT2D eigenvalue weighted by molar-refractivity contribution is 0.586. The summed E-state index contributed by atoms with van der Waals surface area (Å²) in [5.74, 6) is 0.594. The molecule has 0 saturated heterocycles. The first-order valence-corrected chi connectivity index (χ1v) is 5.28. The predicted octanol–water partition coefficient (Wildman–Crippen LogP) is 4.29. The van der Waals surface area contributed by atoms with Crippen LogP contribution in [-0.4, -0.2) is 0 Å². The molecule has 77 valence electrons. The van der Waals surface area contributed by atoms with E-state index in [1.54, 1.807) is 0 Å². The molecule has 0 fully saturated rings. The zero-order valence-electron chi connectivity index (χ0n) is 10.0. The van der Waals surface area contributed by atoms with E-state index in [2.05, 4.69) is 59.7 Å². The fourth-order valence-electron chi connectivity index (χ4n) is 1.65. The van der Waals surface area contributed by atoms with Crippen LogP contribution >= 0.6 is 0 Å². The van der Waals surface area contributed by atoms with Crippen molar-refractivity contribution in [2.24, 2.45) is 0 Å². The minimum Gasteiger partial charge on any atom is -0.0587 e. The molecule has 0 heteroatoms. The van der Waals surface area contributed by atoms with E-state index >= 15 is 0 Å². The number of hydrogen-bond donors (Lipinski definition) is 0. The van der Waals surface area contributed by atoms with Crippen molar-refractivity contribution < 1.29 is 0 Å².